The maximum atomic E-state index is 11.2. The van der Waals surface area contributed by atoms with Gasteiger partial charge in [0.25, 0.3) is 0 Å². The summed E-state index contributed by atoms with van der Waals surface area (Å²) in [6.07, 6.45) is -0.345. The topological polar surface area (TPSA) is 50.4 Å². The summed E-state index contributed by atoms with van der Waals surface area (Å²) in [5.41, 5.74) is 0.0662. The summed E-state index contributed by atoms with van der Waals surface area (Å²) in [4.78, 5) is 11.2. The van der Waals surface area contributed by atoms with Crippen LogP contribution in [0.5, 0.6) is 0 Å². The molecule has 0 fully saturated rings. The van der Waals surface area contributed by atoms with E-state index in [0.29, 0.717) is 19.2 Å². The van der Waals surface area contributed by atoms with Crippen LogP contribution in [0.25, 0.3) is 0 Å². The number of carbonyl (C=O) groups is 1. The predicted molar refractivity (Wildman–Crippen MR) is 66.5 cm³/mol. The van der Waals surface area contributed by atoms with E-state index in [1.165, 1.54) is 0 Å². The summed E-state index contributed by atoms with van der Waals surface area (Å²) >= 11 is 0. The first-order chi connectivity index (χ1) is 7.27. The van der Waals surface area contributed by atoms with Crippen LogP contribution in [0, 0.1) is 5.41 Å². The molecule has 0 aliphatic rings. The van der Waals surface area contributed by atoms with Crippen LogP contribution in [0.2, 0.25) is 0 Å². The fraction of sp³-hybridized carbons (Fsp3) is 0.917. The molecule has 0 bridgehead atoms. The number of rotatable bonds is 5. The summed E-state index contributed by atoms with van der Waals surface area (Å²) < 4.78 is 5.16. The Balaban J connectivity index is 4.17. The number of nitrogens with one attached hydrogen (secondary N) is 2. The maximum absolute atomic E-state index is 11.2. The average Bonchev–Trinajstić information content (AvgIpc) is 2.10. The molecule has 0 saturated carbocycles. The van der Waals surface area contributed by atoms with Crippen molar-refractivity contribution in [3.8, 4) is 0 Å². The molecular formula is C12H26N2O2. The molecule has 0 unspecified atom stereocenters. The molecule has 96 valence electrons. The van der Waals surface area contributed by atoms with Crippen LogP contribution in [0.15, 0.2) is 0 Å². The van der Waals surface area contributed by atoms with E-state index in [-0.39, 0.29) is 17.6 Å². The fourth-order valence-corrected chi connectivity index (χ4v) is 1.30. The van der Waals surface area contributed by atoms with Crippen molar-refractivity contribution in [1.29, 1.82) is 0 Å². The number of hydrogen-bond donors (Lipinski definition) is 2. The molecule has 0 aromatic carbocycles. The van der Waals surface area contributed by atoms with Crippen LogP contribution in [0.3, 0.4) is 0 Å². The minimum absolute atomic E-state index is 0.0662. The molecule has 0 radical (unpaired) electrons. The standard InChI is InChI=1S/C12H26N2O2/c1-7-13-11(15)16-8-10(12(4,5)6)14-9(2)3/h9-10,14H,7-8H2,1-6H3,(H,13,15)/t10-/m1/s1. The lowest BCUT2D eigenvalue weighted by Gasteiger charge is -2.32. The lowest BCUT2D eigenvalue weighted by Crippen LogP contribution is -2.47. The highest BCUT2D eigenvalue weighted by atomic mass is 16.5. The minimum atomic E-state index is -0.345. The van der Waals surface area contributed by atoms with E-state index in [1.807, 2.05) is 6.92 Å². The SMILES string of the molecule is CCNC(=O)OC[C@@H](NC(C)C)C(C)(C)C. The first-order valence-corrected chi connectivity index (χ1v) is 5.94. The van der Waals surface area contributed by atoms with Gasteiger partial charge in [-0.25, -0.2) is 4.79 Å². The summed E-state index contributed by atoms with van der Waals surface area (Å²) in [5.74, 6) is 0. The lowest BCUT2D eigenvalue weighted by molar-refractivity contribution is 0.103. The van der Waals surface area contributed by atoms with Crippen LogP contribution < -0.4 is 10.6 Å². The van der Waals surface area contributed by atoms with E-state index in [9.17, 15) is 4.79 Å². The van der Waals surface area contributed by atoms with E-state index in [0.717, 1.165) is 0 Å². The summed E-state index contributed by atoms with van der Waals surface area (Å²) in [6.45, 7) is 13.4. The third-order valence-electron chi connectivity index (χ3n) is 2.28. The lowest BCUT2D eigenvalue weighted by atomic mass is 9.87. The quantitative estimate of drug-likeness (QED) is 0.761. The minimum Gasteiger partial charge on any atom is -0.448 e. The second-order valence-corrected chi connectivity index (χ2v) is 5.37. The first-order valence-electron chi connectivity index (χ1n) is 5.94. The van der Waals surface area contributed by atoms with E-state index in [1.54, 1.807) is 0 Å². The molecule has 4 heteroatoms. The van der Waals surface area contributed by atoms with E-state index < -0.39 is 0 Å². The van der Waals surface area contributed by atoms with Gasteiger partial charge in [-0.3, -0.25) is 0 Å². The molecule has 1 atom stereocenters. The van der Waals surface area contributed by atoms with Crippen molar-refractivity contribution in [2.24, 2.45) is 5.41 Å². The van der Waals surface area contributed by atoms with E-state index in [4.69, 9.17) is 4.74 Å². The predicted octanol–water partition coefficient (Wildman–Crippen LogP) is 2.15. The van der Waals surface area contributed by atoms with Gasteiger partial charge in [0.1, 0.15) is 6.61 Å². The number of carbonyl (C=O) groups excluding carboxylic acids is 1. The highest BCUT2D eigenvalue weighted by Crippen LogP contribution is 2.20. The number of amides is 1. The number of hydrogen-bond acceptors (Lipinski definition) is 3. The molecule has 4 nitrogen and oxygen atoms in total. The summed E-state index contributed by atoms with van der Waals surface area (Å²) in [7, 11) is 0. The van der Waals surface area contributed by atoms with Crippen molar-refractivity contribution in [3.05, 3.63) is 0 Å². The van der Waals surface area contributed by atoms with Crippen LogP contribution in [-0.4, -0.2) is 31.3 Å². The monoisotopic (exact) mass is 230 g/mol. The molecule has 0 aliphatic carbocycles. The molecule has 0 spiro atoms. The van der Waals surface area contributed by atoms with Gasteiger partial charge in [-0.2, -0.15) is 0 Å². The molecule has 1 amide bonds. The smallest absolute Gasteiger partial charge is 0.407 e. The average molecular weight is 230 g/mol. The van der Waals surface area contributed by atoms with Gasteiger partial charge in [0.05, 0.1) is 0 Å². The Morgan fingerprint density at radius 3 is 2.25 bits per heavy atom. The van der Waals surface area contributed by atoms with Crippen molar-refractivity contribution in [2.45, 2.75) is 53.6 Å². The number of alkyl carbamates (subject to hydrolysis) is 1. The van der Waals surface area contributed by atoms with Gasteiger partial charge in [-0.15, -0.1) is 0 Å². The second-order valence-electron chi connectivity index (χ2n) is 5.37. The molecule has 0 aromatic heterocycles. The number of ether oxygens (including phenoxy) is 1. The molecule has 0 aliphatic heterocycles. The zero-order valence-corrected chi connectivity index (χ0v) is 11.4. The van der Waals surface area contributed by atoms with Crippen molar-refractivity contribution in [1.82, 2.24) is 10.6 Å². The van der Waals surface area contributed by atoms with Crippen molar-refractivity contribution in [2.75, 3.05) is 13.2 Å². The van der Waals surface area contributed by atoms with Crippen molar-refractivity contribution in [3.63, 3.8) is 0 Å². The Morgan fingerprint density at radius 1 is 1.31 bits per heavy atom. The molecule has 0 heterocycles. The third kappa shape index (κ3) is 6.67. The Morgan fingerprint density at radius 2 is 1.88 bits per heavy atom. The van der Waals surface area contributed by atoms with Gasteiger partial charge in [-0.05, 0) is 12.3 Å². The van der Waals surface area contributed by atoms with Gasteiger partial charge in [0.15, 0.2) is 0 Å². The maximum Gasteiger partial charge on any atom is 0.407 e. The van der Waals surface area contributed by atoms with Crippen LogP contribution in [0.1, 0.15) is 41.5 Å². The van der Waals surface area contributed by atoms with Gasteiger partial charge < -0.3 is 15.4 Å². The Labute approximate surface area is 99.1 Å². The van der Waals surface area contributed by atoms with Gasteiger partial charge in [-0.1, -0.05) is 34.6 Å². The summed E-state index contributed by atoms with van der Waals surface area (Å²) in [6, 6.07) is 0.539. The third-order valence-corrected chi connectivity index (χ3v) is 2.28. The molecule has 0 saturated heterocycles. The molecule has 0 aromatic rings. The second kappa shape index (κ2) is 6.74. The van der Waals surface area contributed by atoms with Gasteiger partial charge in [0, 0.05) is 18.6 Å². The largest absolute Gasteiger partial charge is 0.448 e. The normalized spacial score (nSPS) is 13.7. The Kier molecular flexibility index (Phi) is 6.41. The Bertz CT molecular complexity index is 210. The van der Waals surface area contributed by atoms with Crippen molar-refractivity contribution >= 4 is 6.09 Å². The molecule has 2 N–H and O–H groups in total. The van der Waals surface area contributed by atoms with E-state index in [2.05, 4.69) is 45.3 Å². The van der Waals surface area contributed by atoms with Crippen molar-refractivity contribution < 1.29 is 9.53 Å². The first kappa shape index (κ1) is 15.2. The van der Waals surface area contributed by atoms with Crippen LogP contribution >= 0.6 is 0 Å². The zero-order chi connectivity index (χ0) is 12.8. The van der Waals surface area contributed by atoms with Gasteiger partial charge in [0.2, 0.25) is 0 Å². The fourth-order valence-electron chi connectivity index (χ4n) is 1.30. The van der Waals surface area contributed by atoms with E-state index >= 15 is 0 Å². The Hall–Kier alpha value is -0.770. The van der Waals surface area contributed by atoms with Gasteiger partial charge >= 0.3 is 6.09 Å². The van der Waals surface area contributed by atoms with Crippen LogP contribution in [-0.2, 0) is 4.74 Å². The van der Waals surface area contributed by atoms with Crippen LogP contribution in [0.4, 0.5) is 4.79 Å². The summed E-state index contributed by atoms with van der Waals surface area (Å²) in [5, 5.41) is 6.03. The molecule has 0 rings (SSSR count). The molecule has 16 heavy (non-hydrogen) atoms. The zero-order valence-electron chi connectivity index (χ0n) is 11.4. The highest BCUT2D eigenvalue weighted by molar-refractivity contribution is 5.66. The molecular weight excluding hydrogens is 204 g/mol. The highest BCUT2D eigenvalue weighted by Gasteiger charge is 2.26.